The molecule has 0 aliphatic heterocycles. The normalized spacial score (nSPS) is 13.1. The van der Waals surface area contributed by atoms with Crippen molar-refractivity contribution in [2.45, 2.75) is 12.6 Å². The minimum atomic E-state index is -4.64. The SMILES string of the molecule is CS(=O)CCCNC(=O)c1cc(C(F)(F)F)ccc1F. The van der Waals surface area contributed by atoms with Gasteiger partial charge in [-0.15, -0.1) is 0 Å². The van der Waals surface area contributed by atoms with Gasteiger partial charge in [0.15, 0.2) is 0 Å². The van der Waals surface area contributed by atoms with Crippen molar-refractivity contribution in [2.24, 2.45) is 0 Å². The van der Waals surface area contributed by atoms with Crippen molar-refractivity contribution >= 4 is 16.7 Å². The fourth-order valence-electron chi connectivity index (χ4n) is 1.45. The summed E-state index contributed by atoms with van der Waals surface area (Å²) >= 11 is 0. The molecule has 1 unspecified atom stereocenters. The molecule has 0 aliphatic rings. The minimum Gasteiger partial charge on any atom is -0.352 e. The first-order valence-electron chi connectivity index (χ1n) is 5.67. The van der Waals surface area contributed by atoms with Crippen molar-refractivity contribution in [1.82, 2.24) is 5.32 Å². The van der Waals surface area contributed by atoms with Gasteiger partial charge in [-0.25, -0.2) is 4.39 Å². The second-order valence-corrected chi connectivity index (χ2v) is 5.63. The average molecular weight is 311 g/mol. The van der Waals surface area contributed by atoms with E-state index in [1.54, 1.807) is 0 Å². The van der Waals surface area contributed by atoms with Crippen LogP contribution in [0.25, 0.3) is 0 Å². The van der Waals surface area contributed by atoms with E-state index < -0.39 is 39.8 Å². The molecule has 1 aromatic rings. The van der Waals surface area contributed by atoms with Gasteiger partial charge in [-0.1, -0.05) is 0 Å². The van der Waals surface area contributed by atoms with Crippen LogP contribution in [0.2, 0.25) is 0 Å². The van der Waals surface area contributed by atoms with Gasteiger partial charge < -0.3 is 5.32 Å². The van der Waals surface area contributed by atoms with E-state index in [9.17, 15) is 26.6 Å². The largest absolute Gasteiger partial charge is 0.416 e. The van der Waals surface area contributed by atoms with Crippen LogP contribution in [0.15, 0.2) is 18.2 Å². The fraction of sp³-hybridized carbons (Fsp3) is 0.417. The van der Waals surface area contributed by atoms with Gasteiger partial charge in [-0.05, 0) is 24.6 Å². The second-order valence-electron chi connectivity index (χ2n) is 4.08. The molecule has 0 aromatic heterocycles. The average Bonchev–Trinajstić information content (AvgIpc) is 2.33. The summed E-state index contributed by atoms with van der Waals surface area (Å²) in [4.78, 5) is 11.6. The maximum Gasteiger partial charge on any atom is 0.416 e. The zero-order chi connectivity index (χ0) is 15.3. The first-order chi connectivity index (χ1) is 9.21. The lowest BCUT2D eigenvalue weighted by atomic mass is 10.1. The Balaban J connectivity index is 2.74. The lowest BCUT2D eigenvalue weighted by Crippen LogP contribution is -2.26. The maximum atomic E-state index is 13.4. The second kappa shape index (κ2) is 6.83. The highest BCUT2D eigenvalue weighted by atomic mass is 32.2. The molecular formula is C12H13F4NO2S. The number of amides is 1. The Bertz CT molecular complexity index is 517. The Labute approximate surface area is 115 Å². The van der Waals surface area contributed by atoms with Gasteiger partial charge in [0.2, 0.25) is 0 Å². The highest BCUT2D eigenvalue weighted by molar-refractivity contribution is 7.84. The minimum absolute atomic E-state index is 0.119. The van der Waals surface area contributed by atoms with Gasteiger partial charge in [0.05, 0.1) is 11.1 Å². The monoisotopic (exact) mass is 311 g/mol. The number of alkyl halides is 3. The molecule has 0 heterocycles. The summed E-state index contributed by atoms with van der Waals surface area (Å²) in [5.41, 5.74) is -1.74. The smallest absolute Gasteiger partial charge is 0.352 e. The predicted octanol–water partition coefficient (Wildman–Crippen LogP) is 2.34. The molecule has 1 aromatic carbocycles. The first-order valence-corrected chi connectivity index (χ1v) is 7.39. The number of nitrogens with one attached hydrogen (secondary N) is 1. The predicted molar refractivity (Wildman–Crippen MR) is 67.3 cm³/mol. The van der Waals surface area contributed by atoms with Gasteiger partial charge in [0, 0.05) is 29.4 Å². The third-order valence-electron chi connectivity index (χ3n) is 2.43. The van der Waals surface area contributed by atoms with Crippen LogP contribution in [0.5, 0.6) is 0 Å². The highest BCUT2D eigenvalue weighted by Crippen LogP contribution is 2.30. The van der Waals surface area contributed by atoms with Crippen LogP contribution >= 0.6 is 0 Å². The van der Waals surface area contributed by atoms with Crippen LogP contribution < -0.4 is 5.32 Å². The lowest BCUT2D eigenvalue weighted by molar-refractivity contribution is -0.137. The lowest BCUT2D eigenvalue weighted by Gasteiger charge is -2.10. The molecule has 0 spiro atoms. The Kier molecular flexibility index (Phi) is 5.67. The summed E-state index contributed by atoms with van der Waals surface area (Å²) in [7, 11) is -1.02. The van der Waals surface area contributed by atoms with Gasteiger partial charge in [0.1, 0.15) is 5.82 Å². The van der Waals surface area contributed by atoms with Gasteiger partial charge in [0.25, 0.3) is 5.91 Å². The van der Waals surface area contributed by atoms with Crippen molar-refractivity contribution in [1.29, 1.82) is 0 Å². The molecule has 0 saturated carbocycles. The Morgan fingerprint density at radius 1 is 1.35 bits per heavy atom. The van der Waals surface area contributed by atoms with Crippen molar-refractivity contribution in [3.63, 3.8) is 0 Å². The highest BCUT2D eigenvalue weighted by Gasteiger charge is 2.31. The molecular weight excluding hydrogens is 298 g/mol. The Morgan fingerprint density at radius 3 is 2.55 bits per heavy atom. The molecule has 0 saturated heterocycles. The van der Waals surface area contributed by atoms with E-state index in [4.69, 9.17) is 0 Å². The molecule has 0 aliphatic carbocycles. The summed E-state index contributed by atoms with van der Waals surface area (Å²) in [5.74, 6) is -1.59. The number of benzene rings is 1. The van der Waals surface area contributed by atoms with Crippen LogP contribution in [0.4, 0.5) is 17.6 Å². The zero-order valence-electron chi connectivity index (χ0n) is 10.6. The number of hydrogen-bond donors (Lipinski definition) is 1. The standard InChI is InChI=1S/C12H13F4NO2S/c1-20(19)6-2-5-17-11(18)9-7-8(12(14,15)16)3-4-10(9)13/h3-4,7H,2,5-6H2,1H3,(H,17,18). The third-order valence-corrected chi connectivity index (χ3v) is 3.30. The van der Waals surface area contributed by atoms with E-state index in [1.807, 2.05) is 0 Å². The maximum absolute atomic E-state index is 13.4. The Hall–Kier alpha value is -1.44. The van der Waals surface area contributed by atoms with Crippen LogP contribution in [-0.4, -0.2) is 28.7 Å². The van der Waals surface area contributed by atoms with Crippen molar-refractivity contribution < 1.29 is 26.6 Å². The quantitative estimate of drug-likeness (QED) is 0.670. The van der Waals surface area contributed by atoms with Crippen LogP contribution in [-0.2, 0) is 17.0 Å². The van der Waals surface area contributed by atoms with Crippen molar-refractivity contribution in [2.75, 3.05) is 18.6 Å². The van der Waals surface area contributed by atoms with Gasteiger partial charge in [-0.3, -0.25) is 9.00 Å². The van der Waals surface area contributed by atoms with Crippen molar-refractivity contribution in [3.8, 4) is 0 Å². The summed E-state index contributed by atoms with van der Waals surface area (Å²) in [5, 5.41) is 2.29. The van der Waals surface area contributed by atoms with Crippen LogP contribution in [0.3, 0.4) is 0 Å². The third kappa shape index (κ3) is 4.92. The summed E-state index contributed by atoms with van der Waals surface area (Å²) in [6.07, 6.45) is -2.74. The van der Waals surface area contributed by atoms with E-state index in [0.717, 1.165) is 0 Å². The first kappa shape index (κ1) is 16.6. The molecule has 8 heteroatoms. The molecule has 112 valence electrons. The number of rotatable bonds is 5. The van der Waals surface area contributed by atoms with Gasteiger partial charge >= 0.3 is 6.18 Å². The van der Waals surface area contributed by atoms with Crippen LogP contribution in [0, 0.1) is 5.82 Å². The molecule has 0 fully saturated rings. The molecule has 3 nitrogen and oxygen atoms in total. The number of carbonyl (C=O) groups excluding carboxylic acids is 1. The molecule has 0 bridgehead atoms. The molecule has 20 heavy (non-hydrogen) atoms. The molecule has 0 radical (unpaired) electrons. The molecule has 1 N–H and O–H groups in total. The van der Waals surface area contributed by atoms with E-state index in [2.05, 4.69) is 5.32 Å². The van der Waals surface area contributed by atoms with E-state index >= 15 is 0 Å². The number of hydrogen-bond acceptors (Lipinski definition) is 2. The summed E-state index contributed by atoms with van der Waals surface area (Å²) < 4.78 is 61.6. The van der Waals surface area contributed by atoms with E-state index in [0.29, 0.717) is 30.4 Å². The fourth-order valence-corrected chi connectivity index (χ4v) is 2.00. The van der Waals surface area contributed by atoms with Crippen molar-refractivity contribution in [3.05, 3.63) is 35.1 Å². The topological polar surface area (TPSA) is 46.2 Å². The molecule has 1 rings (SSSR count). The molecule has 1 atom stereocenters. The number of halogens is 4. The summed E-state index contributed by atoms with van der Waals surface area (Å²) in [6, 6.07) is 1.66. The summed E-state index contributed by atoms with van der Waals surface area (Å²) in [6.45, 7) is 0.119. The Morgan fingerprint density at radius 2 is 2.00 bits per heavy atom. The van der Waals surface area contributed by atoms with Crippen LogP contribution in [0.1, 0.15) is 22.3 Å². The zero-order valence-corrected chi connectivity index (χ0v) is 11.4. The van der Waals surface area contributed by atoms with E-state index in [-0.39, 0.29) is 6.54 Å². The van der Waals surface area contributed by atoms with Gasteiger partial charge in [-0.2, -0.15) is 13.2 Å². The van der Waals surface area contributed by atoms with E-state index in [1.165, 1.54) is 6.26 Å². The molecule has 1 amide bonds. The number of carbonyl (C=O) groups is 1.